The first-order valence-electron chi connectivity index (χ1n) is 8.13. The topological polar surface area (TPSA) is 16.1 Å². The van der Waals surface area contributed by atoms with E-state index in [1.807, 2.05) is 42.2 Å². The lowest BCUT2D eigenvalue weighted by atomic mass is 10.1. The highest BCUT2D eigenvalue weighted by atomic mass is 32.2. The number of allylic oxidation sites excluding steroid dienone is 2. The second kappa shape index (κ2) is 6.54. The second-order valence-electron chi connectivity index (χ2n) is 5.60. The molecule has 0 spiro atoms. The van der Waals surface area contributed by atoms with Gasteiger partial charge in [-0.1, -0.05) is 54.2 Å². The standard InChI is InChI=1S/C21H18N2S/c1-2-23-20(12-7-10-17-9-5-6-15-22-17)24-19-14-13-16-8-3-4-11-18(16)21(19)23/h3-15H,2H2,1H3/b10-7+,20-12-. The predicted molar refractivity (Wildman–Crippen MR) is 104 cm³/mol. The quantitative estimate of drug-likeness (QED) is 0.611. The first-order valence-corrected chi connectivity index (χ1v) is 8.95. The van der Waals surface area contributed by atoms with Crippen molar-refractivity contribution in [2.75, 3.05) is 11.4 Å². The van der Waals surface area contributed by atoms with Crippen LogP contribution in [0.3, 0.4) is 0 Å². The van der Waals surface area contributed by atoms with Gasteiger partial charge in [-0.2, -0.15) is 0 Å². The second-order valence-corrected chi connectivity index (χ2v) is 6.66. The Morgan fingerprint density at radius 1 is 1.04 bits per heavy atom. The number of hydrogen-bond donors (Lipinski definition) is 0. The summed E-state index contributed by atoms with van der Waals surface area (Å²) < 4.78 is 0. The summed E-state index contributed by atoms with van der Waals surface area (Å²) in [5.74, 6) is 0. The van der Waals surface area contributed by atoms with Crippen LogP contribution in [0.15, 0.2) is 82.9 Å². The van der Waals surface area contributed by atoms with Gasteiger partial charge in [0.1, 0.15) is 0 Å². The molecule has 1 aliphatic rings. The Hall–Kier alpha value is -2.52. The molecular formula is C21H18N2S. The molecule has 118 valence electrons. The molecule has 0 bridgehead atoms. The molecule has 4 rings (SSSR count). The average Bonchev–Trinajstić information content (AvgIpc) is 3.00. The molecule has 3 aromatic rings. The van der Waals surface area contributed by atoms with Crippen LogP contribution in [0.25, 0.3) is 16.8 Å². The van der Waals surface area contributed by atoms with Gasteiger partial charge in [-0.3, -0.25) is 4.98 Å². The Bertz CT molecular complexity index is 929. The monoisotopic (exact) mass is 330 g/mol. The summed E-state index contributed by atoms with van der Waals surface area (Å²) in [6, 6.07) is 19.0. The highest BCUT2D eigenvalue weighted by Crippen LogP contribution is 2.49. The van der Waals surface area contributed by atoms with Gasteiger partial charge in [-0.15, -0.1) is 0 Å². The molecule has 2 heterocycles. The van der Waals surface area contributed by atoms with E-state index >= 15 is 0 Å². The molecule has 0 unspecified atom stereocenters. The van der Waals surface area contributed by atoms with Crippen LogP contribution in [-0.2, 0) is 0 Å². The third kappa shape index (κ3) is 2.72. The third-order valence-corrected chi connectivity index (χ3v) is 5.24. The predicted octanol–water partition coefficient (Wildman–Crippen LogP) is 5.72. The zero-order valence-electron chi connectivity index (χ0n) is 13.5. The molecule has 0 saturated heterocycles. The minimum absolute atomic E-state index is 0.956. The molecule has 1 aliphatic heterocycles. The van der Waals surface area contributed by atoms with Crippen molar-refractivity contribution in [2.24, 2.45) is 0 Å². The zero-order chi connectivity index (χ0) is 16.4. The molecule has 1 aromatic heterocycles. The molecule has 24 heavy (non-hydrogen) atoms. The van der Waals surface area contributed by atoms with Crippen molar-refractivity contribution in [3.05, 3.63) is 83.7 Å². The Morgan fingerprint density at radius 3 is 2.75 bits per heavy atom. The van der Waals surface area contributed by atoms with E-state index in [4.69, 9.17) is 0 Å². The SMILES string of the molecule is CCN1/C(=C/C=C/c2ccccn2)Sc2ccc3ccccc3c21. The summed E-state index contributed by atoms with van der Waals surface area (Å²) in [5.41, 5.74) is 2.31. The lowest BCUT2D eigenvalue weighted by Crippen LogP contribution is -2.16. The fraction of sp³-hybridized carbons (Fsp3) is 0.0952. The lowest BCUT2D eigenvalue weighted by Gasteiger charge is -2.19. The molecule has 2 nitrogen and oxygen atoms in total. The van der Waals surface area contributed by atoms with Crippen LogP contribution in [0.1, 0.15) is 12.6 Å². The van der Waals surface area contributed by atoms with Gasteiger partial charge in [0.25, 0.3) is 0 Å². The molecule has 0 amide bonds. The van der Waals surface area contributed by atoms with Crippen LogP contribution in [0.5, 0.6) is 0 Å². The van der Waals surface area contributed by atoms with E-state index in [2.05, 4.69) is 65.4 Å². The molecule has 0 radical (unpaired) electrons. The van der Waals surface area contributed by atoms with Crippen LogP contribution in [-0.4, -0.2) is 11.5 Å². The Labute approximate surface area is 146 Å². The van der Waals surface area contributed by atoms with Crippen LogP contribution in [0, 0.1) is 0 Å². The molecular weight excluding hydrogens is 312 g/mol. The van der Waals surface area contributed by atoms with E-state index < -0.39 is 0 Å². The number of rotatable bonds is 3. The average molecular weight is 330 g/mol. The number of fused-ring (bicyclic) bond motifs is 3. The van der Waals surface area contributed by atoms with Gasteiger partial charge in [0.2, 0.25) is 0 Å². The minimum Gasteiger partial charge on any atom is -0.335 e. The number of nitrogens with zero attached hydrogens (tertiary/aromatic N) is 2. The summed E-state index contributed by atoms with van der Waals surface area (Å²) in [7, 11) is 0. The van der Waals surface area contributed by atoms with Gasteiger partial charge in [0.15, 0.2) is 0 Å². The summed E-state index contributed by atoms with van der Waals surface area (Å²) in [4.78, 5) is 8.05. The normalized spacial score (nSPS) is 15.5. The molecule has 2 aromatic carbocycles. The Morgan fingerprint density at radius 2 is 1.92 bits per heavy atom. The number of thioether (sulfide) groups is 1. The van der Waals surface area contributed by atoms with Crippen LogP contribution in [0.2, 0.25) is 0 Å². The number of benzene rings is 2. The van der Waals surface area contributed by atoms with Gasteiger partial charge < -0.3 is 4.90 Å². The fourth-order valence-electron chi connectivity index (χ4n) is 3.02. The van der Waals surface area contributed by atoms with E-state index in [1.54, 1.807) is 0 Å². The van der Waals surface area contributed by atoms with E-state index in [9.17, 15) is 0 Å². The van der Waals surface area contributed by atoms with Crippen molar-refractivity contribution in [1.29, 1.82) is 0 Å². The van der Waals surface area contributed by atoms with Crippen molar-refractivity contribution in [3.8, 4) is 0 Å². The third-order valence-electron chi connectivity index (χ3n) is 4.12. The summed E-state index contributed by atoms with van der Waals surface area (Å²) >= 11 is 1.83. The number of pyridine rings is 1. The van der Waals surface area contributed by atoms with Crippen molar-refractivity contribution in [3.63, 3.8) is 0 Å². The summed E-state index contributed by atoms with van der Waals surface area (Å²) in [6.07, 6.45) is 8.12. The zero-order valence-corrected chi connectivity index (χ0v) is 14.3. The van der Waals surface area contributed by atoms with E-state index in [0.717, 1.165) is 12.2 Å². The maximum atomic E-state index is 4.33. The number of aromatic nitrogens is 1. The molecule has 0 N–H and O–H groups in total. The summed E-state index contributed by atoms with van der Waals surface area (Å²) in [6.45, 7) is 3.16. The first kappa shape index (κ1) is 15.0. The molecule has 3 heteroatoms. The smallest absolute Gasteiger partial charge is 0.0801 e. The highest BCUT2D eigenvalue weighted by Gasteiger charge is 2.25. The summed E-state index contributed by atoms with van der Waals surface area (Å²) in [5, 5.41) is 3.87. The van der Waals surface area contributed by atoms with Crippen LogP contribution in [0.4, 0.5) is 5.69 Å². The van der Waals surface area contributed by atoms with Crippen molar-refractivity contribution < 1.29 is 0 Å². The van der Waals surface area contributed by atoms with E-state index in [1.165, 1.54) is 26.4 Å². The van der Waals surface area contributed by atoms with Crippen LogP contribution >= 0.6 is 11.8 Å². The van der Waals surface area contributed by atoms with Gasteiger partial charge in [0, 0.05) is 23.0 Å². The molecule has 0 atom stereocenters. The number of anilines is 1. The minimum atomic E-state index is 0.956. The maximum absolute atomic E-state index is 4.33. The largest absolute Gasteiger partial charge is 0.335 e. The highest BCUT2D eigenvalue weighted by molar-refractivity contribution is 8.03. The van der Waals surface area contributed by atoms with Gasteiger partial charge >= 0.3 is 0 Å². The lowest BCUT2D eigenvalue weighted by molar-refractivity contribution is 1.01. The van der Waals surface area contributed by atoms with Crippen molar-refractivity contribution in [2.45, 2.75) is 11.8 Å². The fourth-order valence-corrected chi connectivity index (χ4v) is 4.17. The van der Waals surface area contributed by atoms with Crippen LogP contribution < -0.4 is 4.90 Å². The first-order chi connectivity index (χ1) is 11.9. The van der Waals surface area contributed by atoms with Crippen molar-refractivity contribution >= 4 is 34.3 Å². The molecule has 0 fully saturated rings. The number of hydrogen-bond acceptors (Lipinski definition) is 3. The van der Waals surface area contributed by atoms with Crippen molar-refractivity contribution in [1.82, 2.24) is 4.98 Å². The Kier molecular flexibility index (Phi) is 4.09. The Balaban J connectivity index is 1.70. The molecule has 0 aliphatic carbocycles. The van der Waals surface area contributed by atoms with E-state index in [0.29, 0.717) is 0 Å². The van der Waals surface area contributed by atoms with Gasteiger partial charge in [-0.05, 0) is 42.7 Å². The molecule has 0 saturated carbocycles. The maximum Gasteiger partial charge on any atom is 0.0801 e. The van der Waals surface area contributed by atoms with Gasteiger partial charge in [-0.25, -0.2) is 0 Å². The van der Waals surface area contributed by atoms with Gasteiger partial charge in [0.05, 0.1) is 16.4 Å². The van der Waals surface area contributed by atoms with E-state index in [-0.39, 0.29) is 0 Å².